The van der Waals surface area contributed by atoms with Gasteiger partial charge in [0.15, 0.2) is 5.69 Å². The van der Waals surface area contributed by atoms with Crippen LogP contribution in [-0.4, -0.2) is 33.0 Å². The van der Waals surface area contributed by atoms with Gasteiger partial charge in [-0.25, -0.2) is 13.4 Å². The Labute approximate surface area is 147 Å². The second-order valence-electron chi connectivity index (χ2n) is 6.42. The molecule has 1 aliphatic carbocycles. The molecule has 6 nitrogen and oxygen atoms in total. The molecule has 1 fully saturated rings. The fraction of sp³-hybridized carbons (Fsp3) is 0.333. The highest BCUT2D eigenvalue weighted by atomic mass is 32.2. The summed E-state index contributed by atoms with van der Waals surface area (Å²) in [5.41, 5.74) is 1.54. The minimum atomic E-state index is -3.83. The third kappa shape index (κ3) is 2.83. The summed E-state index contributed by atoms with van der Waals surface area (Å²) in [7, 11) is -3.83. The molecule has 0 radical (unpaired) electrons. The normalized spacial score (nSPS) is 17.1. The van der Waals surface area contributed by atoms with Crippen LogP contribution >= 0.6 is 0 Å². The Bertz CT molecular complexity index is 948. The van der Waals surface area contributed by atoms with Crippen LogP contribution in [0.25, 0.3) is 0 Å². The Balaban J connectivity index is 1.76. The fourth-order valence-electron chi connectivity index (χ4n) is 3.25. The van der Waals surface area contributed by atoms with Gasteiger partial charge in [-0.15, -0.1) is 0 Å². The van der Waals surface area contributed by atoms with Gasteiger partial charge in [-0.05, 0) is 43.0 Å². The second-order valence-corrected chi connectivity index (χ2v) is 8.25. The molecule has 4 rings (SSSR count). The SMILES string of the molecule is N#Cc1ncccc1S(=O)(=O)N1CCN(CC2CC2)c2ccccc21. The van der Waals surface area contributed by atoms with Crippen LogP contribution in [0.4, 0.5) is 11.4 Å². The molecule has 2 aromatic rings. The molecular weight excluding hydrogens is 336 g/mol. The fourth-order valence-corrected chi connectivity index (χ4v) is 4.81. The number of benzene rings is 1. The first-order valence-electron chi connectivity index (χ1n) is 8.33. The van der Waals surface area contributed by atoms with E-state index in [-0.39, 0.29) is 10.6 Å². The van der Waals surface area contributed by atoms with Gasteiger partial charge in [-0.3, -0.25) is 4.31 Å². The van der Waals surface area contributed by atoms with Gasteiger partial charge in [0.1, 0.15) is 11.0 Å². The van der Waals surface area contributed by atoms with Crippen molar-refractivity contribution in [1.82, 2.24) is 4.98 Å². The molecule has 0 bridgehead atoms. The third-order valence-corrected chi connectivity index (χ3v) is 6.53. The molecule has 7 heteroatoms. The summed E-state index contributed by atoms with van der Waals surface area (Å²) in [6.07, 6.45) is 3.93. The molecular formula is C18H18N4O2S. The molecule has 0 amide bonds. The van der Waals surface area contributed by atoms with Crippen LogP contribution in [0.1, 0.15) is 18.5 Å². The molecule has 2 heterocycles. The van der Waals surface area contributed by atoms with Crippen molar-refractivity contribution >= 4 is 21.4 Å². The maximum atomic E-state index is 13.2. The van der Waals surface area contributed by atoms with E-state index in [4.69, 9.17) is 0 Å². The third-order valence-electron chi connectivity index (χ3n) is 4.68. The van der Waals surface area contributed by atoms with Crippen LogP contribution in [0.3, 0.4) is 0 Å². The number of hydrogen-bond acceptors (Lipinski definition) is 5. The highest BCUT2D eigenvalue weighted by Crippen LogP contribution is 2.39. The Kier molecular flexibility index (Phi) is 3.85. The summed E-state index contributed by atoms with van der Waals surface area (Å²) in [6, 6.07) is 12.4. The lowest BCUT2D eigenvalue weighted by atomic mass is 10.2. The number of fused-ring (bicyclic) bond motifs is 1. The minimum Gasteiger partial charge on any atom is -0.368 e. The van der Waals surface area contributed by atoms with Crippen molar-refractivity contribution in [1.29, 1.82) is 5.26 Å². The number of nitrogens with zero attached hydrogens (tertiary/aromatic N) is 4. The van der Waals surface area contributed by atoms with Gasteiger partial charge in [0, 0.05) is 19.3 Å². The first kappa shape index (κ1) is 15.9. The lowest BCUT2D eigenvalue weighted by Gasteiger charge is -2.38. The summed E-state index contributed by atoms with van der Waals surface area (Å²) in [5.74, 6) is 0.722. The molecule has 0 spiro atoms. The van der Waals surface area contributed by atoms with Crippen molar-refractivity contribution in [2.45, 2.75) is 17.7 Å². The number of para-hydroxylation sites is 2. The molecule has 0 atom stereocenters. The Morgan fingerprint density at radius 1 is 1.12 bits per heavy atom. The van der Waals surface area contributed by atoms with Crippen LogP contribution in [0.15, 0.2) is 47.5 Å². The Morgan fingerprint density at radius 3 is 2.60 bits per heavy atom. The average Bonchev–Trinajstić information content (AvgIpc) is 3.46. The topological polar surface area (TPSA) is 77.3 Å². The summed E-state index contributed by atoms with van der Waals surface area (Å²) >= 11 is 0. The van der Waals surface area contributed by atoms with E-state index in [9.17, 15) is 13.7 Å². The quantitative estimate of drug-likeness (QED) is 0.842. The standard InChI is InChI=1S/C18H18N4O2S/c19-12-15-18(6-3-9-20-15)25(23,24)22-11-10-21(13-14-7-8-14)16-4-1-2-5-17(16)22/h1-6,9,14H,7-8,10-11,13H2. The molecule has 1 aromatic heterocycles. The molecule has 0 N–H and O–H groups in total. The zero-order valence-corrected chi connectivity index (χ0v) is 14.5. The molecule has 0 saturated heterocycles. The van der Waals surface area contributed by atoms with Gasteiger partial charge in [0.2, 0.25) is 0 Å². The van der Waals surface area contributed by atoms with Gasteiger partial charge < -0.3 is 4.90 Å². The van der Waals surface area contributed by atoms with Crippen molar-refractivity contribution in [3.63, 3.8) is 0 Å². The van der Waals surface area contributed by atoms with Crippen molar-refractivity contribution in [3.8, 4) is 6.07 Å². The molecule has 1 saturated carbocycles. The zero-order valence-electron chi connectivity index (χ0n) is 13.7. The number of sulfonamides is 1. The first-order valence-corrected chi connectivity index (χ1v) is 9.77. The van der Waals surface area contributed by atoms with E-state index >= 15 is 0 Å². The highest BCUT2D eigenvalue weighted by Gasteiger charge is 2.35. The van der Waals surface area contributed by atoms with Crippen LogP contribution < -0.4 is 9.21 Å². The van der Waals surface area contributed by atoms with E-state index in [2.05, 4.69) is 9.88 Å². The summed E-state index contributed by atoms with van der Waals surface area (Å²) in [4.78, 5) is 6.13. The van der Waals surface area contributed by atoms with E-state index in [1.165, 1.54) is 29.4 Å². The largest absolute Gasteiger partial charge is 0.368 e. The maximum absolute atomic E-state index is 13.2. The van der Waals surface area contributed by atoms with Gasteiger partial charge >= 0.3 is 0 Å². The van der Waals surface area contributed by atoms with Crippen LogP contribution in [0.2, 0.25) is 0 Å². The molecule has 2 aliphatic rings. The lowest BCUT2D eigenvalue weighted by molar-refractivity contribution is 0.586. The zero-order chi connectivity index (χ0) is 17.4. The number of pyridine rings is 1. The molecule has 1 aliphatic heterocycles. The first-order chi connectivity index (χ1) is 12.1. The van der Waals surface area contributed by atoms with Gasteiger partial charge in [0.25, 0.3) is 10.0 Å². The monoisotopic (exact) mass is 354 g/mol. The minimum absolute atomic E-state index is 0.0389. The number of nitriles is 1. The summed E-state index contributed by atoms with van der Waals surface area (Å²) in [6.45, 7) is 1.99. The lowest BCUT2D eigenvalue weighted by Crippen LogP contribution is -2.44. The highest BCUT2D eigenvalue weighted by molar-refractivity contribution is 7.93. The van der Waals surface area contributed by atoms with Crippen molar-refractivity contribution in [3.05, 3.63) is 48.3 Å². The predicted molar refractivity (Wildman–Crippen MR) is 94.9 cm³/mol. The predicted octanol–water partition coefficient (Wildman–Crippen LogP) is 2.38. The number of rotatable bonds is 4. The summed E-state index contributed by atoms with van der Waals surface area (Å²) in [5, 5.41) is 9.22. The number of hydrogen-bond donors (Lipinski definition) is 0. The van der Waals surface area contributed by atoms with Gasteiger partial charge in [0.05, 0.1) is 17.9 Å². The van der Waals surface area contributed by atoms with E-state index in [0.29, 0.717) is 18.8 Å². The Morgan fingerprint density at radius 2 is 1.88 bits per heavy atom. The van der Waals surface area contributed by atoms with E-state index in [0.717, 1.165) is 18.2 Å². The summed E-state index contributed by atoms with van der Waals surface area (Å²) < 4.78 is 27.8. The van der Waals surface area contributed by atoms with E-state index in [1.807, 2.05) is 30.3 Å². The van der Waals surface area contributed by atoms with E-state index < -0.39 is 10.0 Å². The van der Waals surface area contributed by atoms with Crippen LogP contribution in [0, 0.1) is 17.2 Å². The van der Waals surface area contributed by atoms with Gasteiger partial charge in [-0.2, -0.15) is 5.26 Å². The second kappa shape index (κ2) is 6.05. The number of aromatic nitrogens is 1. The van der Waals surface area contributed by atoms with Crippen molar-refractivity contribution < 1.29 is 8.42 Å². The molecule has 1 aromatic carbocycles. The average molecular weight is 354 g/mol. The molecule has 128 valence electrons. The van der Waals surface area contributed by atoms with Crippen LogP contribution in [-0.2, 0) is 10.0 Å². The van der Waals surface area contributed by atoms with Crippen LogP contribution in [0.5, 0.6) is 0 Å². The van der Waals surface area contributed by atoms with Crippen molar-refractivity contribution in [2.75, 3.05) is 28.8 Å². The van der Waals surface area contributed by atoms with E-state index in [1.54, 1.807) is 6.07 Å². The molecule has 25 heavy (non-hydrogen) atoms. The van der Waals surface area contributed by atoms with Crippen molar-refractivity contribution in [2.24, 2.45) is 5.92 Å². The number of anilines is 2. The maximum Gasteiger partial charge on any atom is 0.267 e. The van der Waals surface area contributed by atoms with Gasteiger partial charge in [-0.1, -0.05) is 12.1 Å². The smallest absolute Gasteiger partial charge is 0.267 e. The molecule has 0 unspecified atom stereocenters. The Hall–Kier alpha value is -2.59.